The van der Waals surface area contributed by atoms with E-state index in [1.165, 1.54) is 0 Å². The zero-order valence-electron chi connectivity index (χ0n) is 8.64. The van der Waals surface area contributed by atoms with E-state index in [1.807, 2.05) is 29.8 Å². The summed E-state index contributed by atoms with van der Waals surface area (Å²) >= 11 is 0. The molecule has 0 bridgehead atoms. The largest absolute Gasteiger partial charge is 0.401 e. The fraction of sp³-hybridized carbons (Fsp3) is 0.600. The van der Waals surface area contributed by atoms with Crippen molar-refractivity contribution in [2.75, 3.05) is 6.54 Å². The molecule has 0 aromatic carbocycles. The number of nitrogens with one attached hydrogen (secondary N) is 1. The lowest BCUT2D eigenvalue weighted by Crippen LogP contribution is -2.29. The molecule has 15 heavy (non-hydrogen) atoms. The Morgan fingerprint density at radius 2 is 2.13 bits per heavy atom. The molecule has 0 amide bonds. The second-order valence-electron chi connectivity index (χ2n) is 3.41. The molecule has 0 saturated heterocycles. The molecule has 0 unspecified atom stereocenters. The SMILES string of the molecule is CCCn1cccc1CNCC(F)(F)F. The molecule has 0 atom stereocenters. The average Bonchev–Trinajstić information content (AvgIpc) is 2.51. The Hall–Kier alpha value is -0.970. The Balaban J connectivity index is 2.40. The van der Waals surface area contributed by atoms with Crippen molar-refractivity contribution in [3.8, 4) is 0 Å². The first-order valence-corrected chi connectivity index (χ1v) is 4.94. The third-order valence-electron chi connectivity index (χ3n) is 2.02. The van der Waals surface area contributed by atoms with Crippen LogP contribution in [0.3, 0.4) is 0 Å². The molecule has 1 aromatic heterocycles. The van der Waals surface area contributed by atoms with Crippen LogP contribution >= 0.6 is 0 Å². The number of alkyl halides is 3. The lowest BCUT2D eigenvalue weighted by atomic mass is 10.4. The maximum Gasteiger partial charge on any atom is 0.401 e. The van der Waals surface area contributed by atoms with Crippen molar-refractivity contribution < 1.29 is 13.2 Å². The highest BCUT2D eigenvalue weighted by atomic mass is 19.4. The van der Waals surface area contributed by atoms with Crippen molar-refractivity contribution in [2.45, 2.75) is 32.6 Å². The number of hydrogen-bond donors (Lipinski definition) is 1. The highest BCUT2D eigenvalue weighted by Gasteiger charge is 2.26. The Morgan fingerprint density at radius 3 is 2.73 bits per heavy atom. The van der Waals surface area contributed by atoms with Gasteiger partial charge in [-0.15, -0.1) is 0 Å². The van der Waals surface area contributed by atoms with Crippen LogP contribution in [-0.4, -0.2) is 17.3 Å². The zero-order valence-corrected chi connectivity index (χ0v) is 8.64. The Bertz CT molecular complexity index is 291. The van der Waals surface area contributed by atoms with Crippen LogP contribution in [0.4, 0.5) is 13.2 Å². The zero-order chi connectivity index (χ0) is 11.3. The van der Waals surface area contributed by atoms with Crippen LogP contribution in [0.5, 0.6) is 0 Å². The van der Waals surface area contributed by atoms with Gasteiger partial charge < -0.3 is 9.88 Å². The van der Waals surface area contributed by atoms with Crippen molar-refractivity contribution >= 4 is 0 Å². The number of aryl methyl sites for hydroxylation is 1. The van der Waals surface area contributed by atoms with Crippen molar-refractivity contribution in [1.82, 2.24) is 9.88 Å². The summed E-state index contributed by atoms with van der Waals surface area (Å²) in [6, 6.07) is 3.68. The summed E-state index contributed by atoms with van der Waals surface area (Å²) < 4.78 is 37.6. The first kappa shape index (κ1) is 12.1. The second kappa shape index (κ2) is 5.21. The number of hydrogen-bond acceptors (Lipinski definition) is 1. The van der Waals surface area contributed by atoms with Gasteiger partial charge in [0.25, 0.3) is 0 Å². The van der Waals surface area contributed by atoms with Crippen molar-refractivity contribution in [1.29, 1.82) is 0 Å². The van der Waals surface area contributed by atoms with Gasteiger partial charge in [0.1, 0.15) is 0 Å². The van der Waals surface area contributed by atoms with Gasteiger partial charge in [0.05, 0.1) is 6.54 Å². The number of aromatic nitrogens is 1. The molecule has 0 aliphatic carbocycles. The van der Waals surface area contributed by atoms with Crippen molar-refractivity contribution in [3.63, 3.8) is 0 Å². The molecule has 86 valence electrons. The third-order valence-corrected chi connectivity index (χ3v) is 2.02. The summed E-state index contributed by atoms with van der Waals surface area (Å²) in [7, 11) is 0. The molecule has 0 fully saturated rings. The molecule has 0 radical (unpaired) electrons. The summed E-state index contributed by atoms with van der Waals surface area (Å²) in [4.78, 5) is 0. The van der Waals surface area contributed by atoms with Gasteiger partial charge in [0.15, 0.2) is 0 Å². The summed E-state index contributed by atoms with van der Waals surface area (Å²) in [5, 5.41) is 2.38. The molecule has 2 nitrogen and oxygen atoms in total. The number of nitrogens with zero attached hydrogens (tertiary/aromatic N) is 1. The van der Waals surface area contributed by atoms with E-state index in [0.29, 0.717) is 0 Å². The normalized spacial score (nSPS) is 12.0. The van der Waals surface area contributed by atoms with Gasteiger partial charge in [0, 0.05) is 25.0 Å². The van der Waals surface area contributed by atoms with Gasteiger partial charge in [-0.05, 0) is 18.6 Å². The Labute approximate surface area is 87.1 Å². The lowest BCUT2D eigenvalue weighted by Gasteiger charge is -2.10. The highest BCUT2D eigenvalue weighted by Crippen LogP contribution is 2.12. The van der Waals surface area contributed by atoms with Crippen LogP contribution < -0.4 is 5.32 Å². The van der Waals surface area contributed by atoms with E-state index in [4.69, 9.17) is 0 Å². The fourth-order valence-corrected chi connectivity index (χ4v) is 1.40. The van der Waals surface area contributed by atoms with Crippen LogP contribution in [0, 0.1) is 0 Å². The maximum atomic E-state index is 11.9. The highest BCUT2D eigenvalue weighted by molar-refractivity contribution is 5.06. The molecule has 0 aliphatic rings. The molecule has 1 rings (SSSR count). The average molecular weight is 220 g/mol. The molecule has 1 aromatic rings. The monoisotopic (exact) mass is 220 g/mol. The molecule has 5 heteroatoms. The van der Waals surface area contributed by atoms with E-state index < -0.39 is 12.7 Å². The summed E-state index contributed by atoms with van der Waals surface area (Å²) in [5.74, 6) is 0. The summed E-state index contributed by atoms with van der Waals surface area (Å²) in [5.41, 5.74) is 0.890. The van der Waals surface area contributed by atoms with Gasteiger partial charge >= 0.3 is 6.18 Å². The molecule has 1 heterocycles. The van der Waals surface area contributed by atoms with Gasteiger partial charge in [-0.2, -0.15) is 13.2 Å². The van der Waals surface area contributed by atoms with Crippen LogP contribution in [0.1, 0.15) is 19.0 Å². The topological polar surface area (TPSA) is 17.0 Å². The molecular weight excluding hydrogens is 205 g/mol. The van der Waals surface area contributed by atoms with Gasteiger partial charge in [-0.25, -0.2) is 0 Å². The number of rotatable bonds is 5. The van der Waals surface area contributed by atoms with Gasteiger partial charge in [0.2, 0.25) is 0 Å². The molecule has 0 saturated carbocycles. The third kappa shape index (κ3) is 4.38. The Morgan fingerprint density at radius 1 is 1.40 bits per heavy atom. The van der Waals surface area contributed by atoms with E-state index >= 15 is 0 Å². The van der Waals surface area contributed by atoms with Crippen LogP contribution in [0.25, 0.3) is 0 Å². The van der Waals surface area contributed by atoms with Crippen molar-refractivity contribution in [3.05, 3.63) is 24.0 Å². The minimum Gasteiger partial charge on any atom is -0.350 e. The smallest absolute Gasteiger partial charge is 0.350 e. The molecule has 1 N–H and O–H groups in total. The van der Waals surface area contributed by atoms with Crippen LogP contribution in [0.2, 0.25) is 0 Å². The van der Waals surface area contributed by atoms with Crippen LogP contribution in [-0.2, 0) is 13.1 Å². The lowest BCUT2D eigenvalue weighted by molar-refractivity contribution is -0.125. The standard InChI is InChI=1S/C10H15F3N2/c1-2-5-15-6-3-4-9(15)7-14-8-10(11,12)13/h3-4,6,14H,2,5,7-8H2,1H3. The minimum absolute atomic E-state index is 0.256. The molecule has 0 spiro atoms. The second-order valence-corrected chi connectivity index (χ2v) is 3.41. The maximum absolute atomic E-state index is 11.9. The van der Waals surface area contributed by atoms with E-state index in [2.05, 4.69) is 5.32 Å². The minimum atomic E-state index is -4.14. The Kier molecular flexibility index (Phi) is 4.20. The van der Waals surface area contributed by atoms with E-state index in [-0.39, 0.29) is 6.54 Å². The van der Waals surface area contributed by atoms with Gasteiger partial charge in [-0.1, -0.05) is 6.92 Å². The quantitative estimate of drug-likeness (QED) is 0.807. The molecular formula is C10H15F3N2. The first-order chi connectivity index (χ1) is 7.03. The van der Waals surface area contributed by atoms with E-state index in [0.717, 1.165) is 18.7 Å². The predicted molar refractivity (Wildman–Crippen MR) is 52.5 cm³/mol. The van der Waals surface area contributed by atoms with E-state index in [1.54, 1.807) is 0 Å². The van der Waals surface area contributed by atoms with Crippen LogP contribution in [0.15, 0.2) is 18.3 Å². The first-order valence-electron chi connectivity index (χ1n) is 4.94. The van der Waals surface area contributed by atoms with Crippen molar-refractivity contribution in [2.24, 2.45) is 0 Å². The predicted octanol–water partition coefficient (Wildman–Crippen LogP) is 2.55. The summed E-state index contributed by atoms with van der Waals surface area (Å²) in [6.07, 6.45) is -1.28. The number of halogens is 3. The fourth-order valence-electron chi connectivity index (χ4n) is 1.40. The van der Waals surface area contributed by atoms with Gasteiger partial charge in [-0.3, -0.25) is 0 Å². The molecule has 0 aliphatic heterocycles. The summed E-state index contributed by atoms with van der Waals surface area (Å²) in [6.45, 7) is 2.19. The van der Waals surface area contributed by atoms with E-state index in [9.17, 15) is 13.2 Å².